The van der Waals surface area contributed by atoms with Crippen molar-refractivity contribution in [3.05, 3.63) is 35.9 Å². The Morgan fingerprint density at radius 3 is 2.57 bits per heavy atom. The number of alkyl halides is 1. The zero-order chi connectivity index (χ0) is 9.97. The van der Waals surface area contributed by atoms with Crippen LogP contribution in [0.5, 0.6) is 0 Å². The number of halogens is 1. The second-order valence-corrected chi connectivity index (χ2v) is 3.27. The van der Waals surface area contributed by atoms with Crippen molar-refractivity contribution in [2.45, 2.75) is 12.4 Å². The minimum atomic E-state index is -0.637. The molecule has 0 aliphatic carbocycles. The van der Waals surface area contributed by atoms with Crippen molar-refractivity contribution in [3.8, 4) is 0 Å². The number of carbonyl (C=O) groups is 1. The van der Waals surface area contributed by atoms with Crippen LogP contribution < -0.4 is 0 Å². The summed E-state index contributed by atoms with van der Waals surface area (Å²) in [6, 6.07) is 9.30. The Kier molecular flexibility index (Phi) is 2.70. The van der Waals surface area contributed by atoms with Crippen LogP contribution in [0.3, 0.4) is 0 Å². The Morgan fingerprint density at radius 2 is 2.00 bits per heavy atom. The number of hydrogen-bond acceptors (Lipinski definition) is 3. The average molecular weight is 213 g/mol. The molecule has 0 bridgehead atoms. The molecule has 0 radical (unpaired) electrons. The highest BCUT2D eigenvalue weighted by Crippen LogP contribution is 2.27. The van der Waals surface area contributed by atoms with Crippen molar-refractivity contribution in [2.75, 3.05) is 5.88 Å². The zero-order valence-corrected chi connectivity index (χ0v) is 8.11. The van der Waals surface area contributed by atoms with Crippen molar-refractivity contribution in [1.29, 1.82) is 0 Å². The smallest absolute Gasteiger partial charge is 0.339 e. The fraction of sp³-hybridized carbons (Fsp3) is 0.300. The second-order valence-electron chi connectivity index (χ2n) is 2.96. The maximum Gasteiger partial charge on any atom is 0.339 e. The van der Waals surface area contributed by atoms with Gasteiger partial charge in [-0.3, -0.25) is 0 Å². The Bertz CT molecular complexity index is 325. The van der Waals surface area contributed by atoms with E-state index in [4.69, 9.17) is 21.1 Å². The summed E-state index contributed by atoms with van der Waals surface area (Å²) >= 11 is 5.53. The molecule has 1 heterocycles. The number of rotatable bonds is 2. The molecule has 1 fully saturated rings. The molecule has 74 valence electrons. The molecule has 14 heavy (non-hydrogen) atoms. The first-order valence-corrected chi connectivity index (χ1v) is 4.81. The molecule has 1 aliphatic heterocycles. The number of cyclic esters (lactones) is 1. The maximum atomic E-state index is 11.2. The van der Waals surface area contributed by atoms with Crippen LogP contribution in [0.4, 0.5) is 0 Å². The third kappa shape index (κ3) is 1.74. The summed E-state index contributed by atoms with van der Waals surface area (Å²) in [5, 5.41) is 0. The van der Waals surface area contributed by atoms with Gasteiger partial charge in [-0.05, 0) is 0 Å². The molecule has 1 aromatic carbocycles. The average Bonchev–Trinajstić information content (AvgIpc) is 2.61. The first-order valence-electron chi connectivity index (χ1n) is 4.28. The fourth-order valence-electron chi connectivity index (χ4n) is 1.27. The predicted molar refractivity (Wildman–Crippen MR) is 50.9 cm³/mol. The SMILES string of the molecule is O=C1O[C@@H](c2ccccc2)O[C@H]1CCl. The summed E-state index contributed by atoms with van der Waals surface area (Å²) in [5.74, 6) is -0.267. The van der Waals surface area contributed by atoms with E-state index in [0.29, 0.717) is 0 Å². The molecule has 4 heteroatoms. The molecular formula is C10H9ClO3. The lowest BCUT2D eigenvalue weighted by Crippen LogP contribution is -2.17. The van der Waals surface area contributed by atoms with Crippen LogP contribution in [-0.2, 0) is 14.3 Å². The Balaban J connectivity index is 2.13. The van der Waals surface area contributed by atoms with Gasteiger partial charge in [-0.1, -0.05) is 30.3 Å². The Morgan fingerprint density at radius 1 is 1.29 bits per heavy atom. The van der Waals surface area contributed by atoms with E-state index in [0.717, 1.165) is 5.56 Å². The molecule has 2 rings (SSSR count). The number of hydrogen-bond donors (Lipinski definition) is 0. The summed E-state index contributed by atoms with van der Waals surface area (Å²) in [5.41, 5.74) is 0.827. The Hall–Kier alpha value is -1.06. The predicted octanol–water partition coefficient (Wildman–Crippen LogP) is 1.87. The van der Waals surface area contributed by atoms with Crippen molar-refractivity contribution in [2.24, 2.45) is 0 Å². The highest BCUT2D eigenvalue weighted by Gasteiger charge is 2.35. The number of ether oxygens (including phenoxy) is 2. The lowest BCUT2D eigenvalue weighted by atomic mass is 10.2. The van der Waals surface area contributed by atoms with Gasteiger partial charge in [-0.15, -0.1) is 11.6 Å². The lowest BCUT2D eigenvalue weighted by molar-refractivity contribution is -0.144. The molecule has 3 nitrogen and oxygen atoms in total. The highest BCUT2D eigenvalue weighted by molar-refractivity contribution is 6.19. The van der Waals surface area contributed by atoms with Crippen LogP contribution in [0, 0.1) is 0 Å². The van der Waals surface area contributed by atoms with Gasteiger partial charge < -0.3 is 9.47 Å². The van der Waals surface area contributed by atoms with Crippen LogP contribution in [-0.4, -0.2) is 18.0 Å². The van der Waals surface area contributed by atoms with Gasteiger partial charge in [0.1, 0.15) is 0 Å². The number of benzene rings is 1. The second kappa shape index (κ2) is 3.98. The maximum absolute atomic E-state index is 11.2. The van der Waals surface area contributed by atoms with Crippen molar-refractivity contribution in [3.63, 3.8) is 0 Å². The van der Waals surface area contributed by atoms with Crippen molar-refractivity contribution < 1.29 is 14.3 Å². The van der Waals surface area contributed by atoms with Crippen LogP contribution in [0.1, 0.15) is 11.9 Å². The molecule has 2 atom stereocenters. The minimum Gasteiger partial charge on any atom is -0.429 e. The molecule has 1 saturated heterocycles. The van der Waals surface area contributed by atoms with E-state index in [1.54, 1.807) is 0 Å². The van der Waals surface area contributed by atoms with Crippen LogP contribution in [0.25, 0.3) is 0 Å². The lowest BCUT2D eigenvalue weighted by Gasteiger charge is -2.08. The van der Waals surface area contributed by atoms with E-state index in [1.165, 1.54) is 0 Å². The summed E-state index contributed by atoms with van der Waals surface area (Å²) in [7, 11) is 0. The Labute approximate surface area is 86.6 Å². The van der Waals surface area contributed by atoms with Crippen LogP contribution >= 0.6 is 11.6 Å². The quantitative estimate of drug-likeness (QED) is 0.555. The molecule has 1 aromatic rings. The molecule has 0 unspecified atom stereocenters. The third-order valence-corrected chi connectivity index (χ3v) is 2.27. The van der Waals surface area contributed by atoms with E-state index in [2.05, 4.69) is 0 Å². The van der Waals surface area contributed by atoms with Crippen molar-refractivity contribution in [1.82, 2.24) is 0 Å². The molecule has 0 aromatic heterocycles. The molecular weight excluding hydrogens is 204 g/mol. The zero-order valence-electron chi connectivity index (χ0n) is 7.35. The van der Waals surface area contributed by atoms with E-state index in [9.17, 15) is 4.79 Å². The van der Waals surface area contributed by atoms with E-state index in [-0.39, 0.29) is 5.88 Å². The topological polar surface area (TPSA) is 35.5 Å². The molecule has 1 aliphatic rings. The molecule has 0 N–H and O–H groups in total. The first kappa shape index (κ1) is 9.49. The number of carbonyl (C=O) groups excluding carboxylic acids is 1. The summed E-state index contributed by atoms with van der Waals surface area (Å²) in [4.78, 5) is 11.2. The molecule has 0 saturated carbocycles. The third-order valence-electron chi connectivity index (χ3n) is 1.99. The molecule has 0 amide bonds. The number of esters is 1. The van der Waals surface area contributed by atoms with Crippen LogP contribution in [0.2, 0.25) is 0 Å². The van der Waals surface area contributed by atoms with E-state index < -0.39 is 18.4 Å². The molecule has 0 spiro atoms. The van der Waals surface area contributed by atoms with Crippen LogP contribution in [0.15, 0.2) is 30.3 Å². The summed E-state index contributed by atoms with van der Waals surface area (Å²) < 4.78 is 10.3. The largest absolute Gasteiger partial charge is 0.429 e. The van der Waals surface area contributed by atoms with Gasteiger partial charge in [0.25, 0.3) is 0 Å². The van der Waals surface area contributed by atoms with Gasteiger partial charge in [0.05, 0.1) is 5.88 Å². The van der Waals surface area contributed by atoms with Gasteiger partial charge >= 0.3 is 5.97 Å². The van der Waals surface area contributed by atoms with Gasteiger partial charge in [0.15, 0.2) is 6.10 Å². The van der Waals surface area contributed by atoms with Gasteiger partial charge in [-0.2, -0.15) is 0 Å². The van der Waals surface area contributed by atoms with Gasteiger partial charge in [0, 0.05) is 5.56 Å². The summed E-state index contributed by atoms with van der Waals surface area (Å²) in [6.45, 7) is 0. The normalized spacial score (nSPS) is 26.2. The van der Waals surface area contributed by atoms with Crippen molar-refractivity contribution >= 4 is 17.6 Å². The van der Waals surface area contributed by atoms with Gasteiger partial charge in [-0.25, -0.2) is 4.79 Å². The fourth-order valence-corrected chi connectivity index (χ4v) is 1.47. The monoisotopic (exact) mass is 212 g/mol. The first-order chi connectivity index (χ1) is 6.81. The van der Waals surface area contributed by atoms with E-state index >= 15 is 0 Å². The minimum absolute atomic E-state index is 0.127. The standard InChI is InChI=1S/C10H9ClO3/c11-6-8-9(12)14-10(13-8)7-4-2-1-3-5-7/h1-5,8,10H,6H2/t8-,10-/m0/s1. The van der Waals surface area contributed by atoms with E-state index in [1.807, 2.05) is 30.3 Å². The van der Waals surface area contributed by atoms with Gasteiger partial charge in [0.2, 0.25) is 6.29 Å². The summed E-state index contributed by atoms with van der Waals surface area (Å²) in [6.07, 6.45) is -1.24. The highest BCUT2D eigenvalue weighted by atomic mass is 35.5.